The fourth-order valence-electron chi connectivity index (χ4n) is 2.86. The summed E-state index contributed by atoms with van der Waals surface area (Å²) >= 11 is 0. The van der Waals surface area contributed by atoms with E-state index < -0.39 is 20.7 Å². The van der Waals surface area contributed by atoms with Gasteiger partial charge in [0.2, 0.25) is 21.8 Å². The van der Waals surface area contributed by atoms with Crippen LogP contribution in [0, 0.1) is 5.92 Å². The van der Waals surface area contributed by atoms with E-state index in [0.717, 1.165) is 0 Å². The predicted octanol–water partition coefficient (Wildman–Crippen LogP) is 2.00. The number of primary amides is 1. The lowest BCUT2D eigenvalue weighted by Gasteiger charge is -2.30. The second-order valence-corrected chi connectivity index (χ2v) is 10.2. The van der Waals surface area contributed by atoms with E-state index in [1.54, 1.807) is 45.0 Å². The molecule has 1 aliphatic rings. The molecule has 0 spiro atoms. The SMILES string of the molecule is CC(C)(C)S(=O)(=O)N[C@H]1CC[C@H](C(=O)Nc2cccc(C(N)=O)c2)CC1. The van der Waals surface area contributed by atoms with Gasteiger partial charge in [-0.05, 0) is 64.7 Å². The molecule has 1 aliphatic carbocycles. The van der Waals surface area contributed by atoms with Gasteiger partial charge in [-0.25, -0.2) is 13.1 Å². The number of carbonyl (C=O) groups is 2. The lowest BCUT2D eigenvalue weighted by atomic mass is 9.86. The van der Waals surface area contributed by atoms with E-state index >= 15 is 0 Å². The van der Waals surface area contributed by atoms with Crippen molar-refractivity contribution in [1.82, 2.24) is 4.72 Å². The number of rotatable bonds is 5. The van der Waals surface area contributed by atoms with Crippen molar-refractivity contribution in [2.75, 3.05) is 5.32 Å². The van der Waals surface area contributed by atoms with Crippen LogP contribution < -0.4 is 15.8 Å². The highest BCUT2D eigenvalue weighted by molar-refractivity contribution is 7.90. The van der Waals surface area contributed by atoms with Gasteiger partial charge in [-0.15, -0.1) is 0 Å². The summed E-state index contributed by atoms with van der Waals surface area (Å²) < 4.78 is 26.4. The Hall–Kier alpha value is -1.93. The third-order valence-corrected chi connectivity index (χ3v) is 6.90. The molecule has 0 aromatic heterocycles. The van der Waals surface area contributed by atoms with E-state index in [4.69, 9.17) is 5.73 Å². The van der Waals surface area contributed by atoms with Crippen molar-refractivity contribution in [2.45, 2.75) is 57.2 Å². The number of hydrogen-bond acceptors (Lipinski definition) is 4. The maximum absolute atomic E-state index is 12.4. The van der Waals surface area contributed by atoms with Gasteiger partial charge in [0.15, 0.2) is 0 Å². The summed E-state index contributed by atoms with van der Waals surface area (Å²) in [5.74, 6) is -0.848. The van der Waals surface area contributed by atoms with Crippen molar-refractivity contribution in [2.24, 2.45) is 11.7 Å². The first-order valence-electron chi connectivity index (χ1n) is 8.72. The van der Waals surface area contributed by atoms with Crippen LogP contribution in [0.3, 0.4) is 0 Å². The van der Waals surface area contributed by atoms with Crippen molar-refractivity contribution in [3.05, 3.63) is 29.8 Å². The molecule has 144 valence electrons. The second kappa shape index (κ2) is 7.75. The van der Waals surface area contributed by atoms with E-state index in [-0.39, 0.29) is 17.9 Å². The summed E-state index contributed by atoms with van der Waals surface area (Å²) in [6.07, 6.45) is 2.46. The Morgan fingerprint density at radius 2 is 1.73 bits per heavy atom. The average Bonchev–Trinajstić information content (AvgIpc) is 2.54. The zero-order valence-corrected chi connectivity index (χ0v) is 16.2. The molecule has 4 N–H and O–H groups in total. The molecule has 26 heavy (non-hydrogen) atoms. The molecule has 0 aliphatic heterocycles. The molecule has 0 heterocycles. The molecule has 1 fully saturated rings. The number of nitrogens with two attached hydrogens (primary N) is 1. The van der Waals surface area contributed by atoms with Crippen molar-refractivity contribution < 1.29 is 18.0 Å². The molecule has 1 saturated carbocycles. The summed E-state index contributed by atoms with van der Waals surface area (Å²) in [5, 5.41) is 2.81. The van der Waals surface area contributed by atoms with Gasteiger partial charge in [-0.1, -0.05) is 6.07 Å². The van der Waals surface area contributed by atoms with E-state index in [2.05, 4.69) is 10.0 Å². The second-order valence-electron chi connectivity index (χ2n) is 7.72. The Bertz CT molecular complexity index is 776. The fraction of sp³-hybridized carbons (Fsp3) is 0.556. The monoisotopic (exact) mass is 381 g/mol. The third-order valence-electron chi connectivity index (χ3n) is 4.64. The normalized spacial score (nSPS) is 21.2. The average molecular weight is 381 g/mol. The molecule has 2 rings (SSSR count). The van der Waals surface area contributed by atoms with Crippen LogP contribution >= 0.6 is 0 Å². The highest BCUT2D eigenvalue weighted by atomic mass is 32.2. The Labute approximate surface area is 154 Å². The van der Waals surface area contributed by atoms with Gasteiger partial charge in [-0.3, -0.25) is 9.59 Å². The van der Waals surface area contributed by atoms with Gasteiger partial charge in [0.05, 0.1) is 4.75 Å². The minimum atomic E-state index is -3.39. The minimum Gasteiger partial charge on any atom is -0.366 e. The largest absolute Gasteiger partial charge is 0.366 e. The molecule has 8 heteroatoms. The highest BCUT2D eigenvalue weighted by Crippen LogP contribution is 2.27. The number of carbonyl (C=O) groups excluding carboxylic acids is 2. The smallest absolute Gasteiger partial charge is 0.248 e. The van der Waals surface area contributed by atoms with E-state index in [1.165, 1.54) is 0 Å². The molecular formula is C18H27N3O4S. The van der Waals surface area contributed by atoms with Crippen LogP contribution in [0.2, 0.25) is 0 Å². The lowest BCUT2D eigenvalue weighted by Crippen LogP contribution is -2.46. The Morgan fingerprint density at radius 3 is 2.27 bits per heavy atom. The van der Waals surface area contributed by atoms with Crippen LogP contribution in [0.15, 0.2) is 24.3 Å². The summed E-state index contributed by atoms with van der Waals surface area (Å²) in [4.78, 5) is 23.6. The van der Waals surface area contributed by atoms with Crippen molar-refractivity contribution >= 4 is 27.5 Å². The van der Waals surface area contributed by atoms with Crippen LogP contribution in [0.5, 0.6) is 0 Å². The van der Waals surface area contributed by atoms with Crippen LogP contribution in [0.4, 0.5) is 5.69 Å². The number of amides is 2. The number of benzene rings is 1. The van der Waals surface area contributed by atoms with Crippen LogP contribution in [0.25, 0.3) is 0 Å². The standard InChI is InChI=1S/C18H27N3O4S/c1-18(2,3)26(24,25)21-14-9-7-12(8-10-14)17(23)20-15-6-4-5-13(11-15)16(19)22/h4-6,11-12,14,21H,7-10H2,1-3H3,(H2,19,22)(H,20,23)/t12-,14-. The van der Waals surface area contributed by atoms with Crippen LogP contribution in [-0.2, 0) is 14.8 Å². The first-order valence-corrected chi connectivity index (χ1v) is 10.2. The minimum absolute atomic E-state index is 0.122. The van der Waals surface area contributed by atoms with E-state index in [1.807, 2.05) is 0 Å². The van der Waals surface area contributed by atoms with Gasteiger partial charge in [0.25, 0.3) is 0 Å². The van der Waals surface area contributed by atoms with Gasteiger partial charge >= 0.3 is 0 Å². The molecule has 2 amide bonds. The summed E-state index contributed by atoms with van der Waals surface area (Å²) in [7, 11) is -3.39. The Balaban J connectivity index is 1.91. The molecule has 0 radical (unpaired) electrons. The fourth-order valence-corrected chi connectivity index (χ4v) is 3.89. The van der Waals surface area contributed by atoms with Crippen LogP contribution in [-0.4, -0.2) is 31.0 Å². The van der Waals surface area contributed by atoms with Gasteiger partial charge in [-0.2, -0.15) is 0 Å². The quantitative estimate of drug-likeness (QED) is 0.723. The summed E-state index contributed by atoms with van der Waals surface area (Å²) in [6, 6.07) is 6.36. The lowest BCUT2D eigenvalue weighted by molar-refractivity contribution is -0.120. The molecule has 1 aromatic carbocycles. The predicted molar refractivity (Wildman–Crippen MR) is 101 cm³/mol. The van der Waals surface area contributed by atoms with Crippen molar-refractivity contribution in [1.29, 1.82) is 0 Å². The van der Waals surface area contributed by atoms with Crippen molar-refractivity contribution in [3.8, 4) is 0 Å². The summed E-state index contributed by atoms with van der Waals surface area (Å²) in [5.41, 5.74) is 6.11. The molecule has 0 unspecified atom stereocenters. The first-order chi connectivity index (χ1) is 12.0. The van der Waals surface area contributed by atoms with E-state index in [0.29, 0.717) is 36.9 Å². The Morgan fingerprint density at radius 1 is 1.12 bits per heavy atom. The zero-order chi connectivity index (χ0) is 19.5. The van der Waals surface area contributed by atoms with Crippen molar-refractivity contribution in [3.63, 3.8) is 0 Å². The number of anilines is 1. The van der Waals surface area contributed by atoms with Gasteiger partial charge in [0.1, 0.15) is 0 Å². The number of hydrogen-bond donors (Lipinski definition) is 3. The maximum Gasteiger partial charge on any atom is 0.248 e. The number of sulfonamides is 1. The molecule has 0 saturated heterocycles. The number of nitrogens with one attached hydrogen (secondary N) is 2. The van der Waals surface area contributed by atoms with Gasteiger partial charge in [0, 0.05) is 23.2 Å². The zero-order valence-electron chi connectivity index (χ0n) is 15.4. The van der Waals surface area contributed by atoms with Gasteiger partial charge < -0.3 is 11.1 Å². The van der Waals surface area contributed by atoms with E-state index in [9.17, 15) is 18.0 Å². The van der Waals surface area contributed by atoms with Crippen LogP contribution in [0.1, 0.15) is 56.8 Å². The topological polar surface area (TPSA) is 118 Å². The third kappa shape index (κ3) is 5.04. The Kier molecular flexibility index (Phi) is 6.08. The molecule has 1 aromatic rings. The molecule has 0 atom stereocenters. The highest BCUT2D eigenvalue weighted by Gasteiger charge is 2.34. The molecular weight excluding hydrogens is 354 g/mol. The molecule has 0 bridgehead atoms. The molecule has 7 nitrogen and oxygen atoms in total. The summed E-state index contributed by atoms with van der Waals surface area (Å²) in [6.45, 7) is 4.98. The maximum atomic E-state index is 12.4. The first kappa shape index (κ1) is 20.4.